The summed E-state index contributed by atoms with van der Waals surface area (Å²) in [7, 11) is 0. The highest BCUT2D eigenvalue weighted by molar-refractivity contribution is 5.82. The topological polar surface area (TPSA) is 29.1 Å². The van der Waals surface area contributed by atoms with E-state index in [1.165, 1.54) is 12.8 Å². The van der Waals surface area contributed by atoms with E-state index in [1.807, 2.05) is 0 Å². The molecule has 0 bridgehead atoms. The molecule has 2 heteroatoms. The monoisotopic (exact) mass is 241 g/mol. The van der Waals surface area contributed by atoms with Gasteiger partial charge >= 0.3 is 0 Å². The number of piperidine rings is 1. The van der Waals surface area contributed by atoms with Crippen molar-refractivity contribution in [1.29, 1.82) is 0 Å². The molecule has 0 radical (unpaired) electrons. The third-order valence-electron chi connectivity index (χ3n) is 5.35. The highest BCUT2D eigenvalue weighted by Gasteiger charge is 2.51. The van der Waals surface area contributed by atoms with Crippen molar-refractivity contribution < 1.29 is 4.79 Å². The first-order chi connectivity index (χ1) is 8.84. The van der Waals surface area contributed by atoms with Crippen molar-refractivity contribution in [3.63, 3.8) is 0 Å². The van der Waals surface area contributed by atoms with E-state index >= 15 is 0 Å². The fraction of sp³-hybridized carbons (Fsp3) is 0.562. The predicted octanol–water partition coefficient (Wildman–Crippen LogP) is 2.45. The highest BCUT2D eigenvalue weighted by atomic mass is 16.2. The molecule has 0 aromatic rings. The van der Waals surface area contributed by atoms with E-state index in [0.717, 1.165) is 6.42 Å². The number of carbonyl (C=O) groups is 1. The minimum absolute atomic E-state index is 0.146. The molecule has 94 valence electrons. The lowest BCUT2D eigenvalue weighted by atomic mass is 9.70. The minimum Gasteiger partial charge on any atom is -0.352 e. The van der Waals surface area contributed by atoms with Crippen LogP contribution < -0.4 is 5.32 Å². The average Bonchev–Trinajstić information content (AvgIpc) is 2.78. The van der Waals surface area contributed by atoms with E-state index in [9.17, 15) is 4.79 Å². The van der Waals surface area contributed by atoms with Gasteiger partial charge in [-0.2, -0.15) is 0 Å². The molecular weight excluding hydrogens is 222 g/mol. The van der Waals surface area contributed by atoms with Crippen molar-refractivity contribution in [1.82, 2.24) is 5.32 Å². The lowest BCUT2D eigenvalue weighted by Gasteiger charge is -2.41. The van der Waals surface area contributed by atoms with Crippen LogP contribution in [0.3, 0.4) is 0 Å². The number of hydrogen-bond donors (Lipinski definition) is 1. The maximum Gasteiger partial charge on any atom is 0.227 e. The summed E-state index contributed by atoms with van der Waals surface area (Å²) in [6.07, 6.45) is 16.9. The van der Waals surface area contributed by atoms with Crippen LogP contribution in [0.5, 0.6) is 0 Å². The van der Waals surface area contributed by atoms with Crippen molar-refractivity contribution in [3.8, 4) is 0 Å². The Morgan fingerprint density at radius 2 is 2.00 bits per heavy atom. The van der Waals surface area contributed by atoms with Crippen LogP contribution in [0.2, 0.25) is 0 Å². The van der Waals surface area contributed by atoms with Crippen molar-refractivity contribution >= 4 is 5.91 Å². The molecule has 2 nitrogen and oxygen atoms in total. The maximum atomic E-state index is 12.2. The number of fused-ring (bicyclic) bond motifs is 5. The van der Waals surface area contributed by atoms with Crippen molar-refractivity contribution in [3.05, 3.63) is 36.5 Å². The van der Waals surface area contributed by atoms with Gasteiger partial charge in [0.2, 0.25) is 5.91 Å². The number of carbonyl (C=O) groups excluding carboxylic acids is 1. The summed E-state index contributed by atoms with van der Waals surface area (Å²) in [6.45, 7) is 0. The van der Waals surface area contributed by atoms with Gasteiger partial charge in [0.1, 0.15) is 0 Å². The first-order valence-corrected chi connectivity index (χ1v) is 7.16. The molecule has 0 spiro atoms. The Labute approximate surface area is 108 Å². The van der Waals surface area contributed by atoms with Gasteiger partial charge in [-0.15, -0.1) is 0 Å². The fourth-order valence-corrected chi connectivity index (χ4v) is 4.56. The minimum atomic E-state index is 0.146. The zero-order valence-corrected chi connectivity index (χ0v) is 10.5. The van der Waals surface area contributed by atoms with Gasteiger partial charge in [-0.3, -0.25) is 4.79 Å². The summed E-state index contributed by atoms with van der Waals surface area (Å²) in [5.41, 5.74) is 0. The smallest absolute Gasteiger partial charge is 0.227 e. The third-order valence-corrected chi connectivity index (χ3v) is 5.35. The molecule has 3 aliphatic carbocycles. The second-order valence-corrected chi connectivity index (χ2v) is 6.14. The molecule has 1 N–H and O–H groups in total. The van der Waals surface area contributed by atoms with Crippen LogP contribution in [-0.4, -0.2) is 11.9 Å². The van der Waals surface area contributed by atoms with Crippen LogP contribution in [0.1, 0.15) is 19.3 Å². The van der Waals surface area contributed by atoms with Crippen molar-refractivity contribution in [2.45, 2.75) is 25.3 Å². The Morgan fingerprint density at radius 1 is 1.11 bits per heavy atom. The zero-order valence-electron chi connectivity index (χ0n) is 10.5. The number of amides is 1. The molecule has 18 heavy (non-hydrogen) atoms. The van der Waals surface area contributed by atoms with E-state index < -0.39 is 0 Å². The Kier molecular flexibility index (Phi) is 2.26. The van der Waals surface area contributed by atoms with E-state index in [1.54, 1.807) is 0 Å². The summed E-state index contributed by atoms with van der Waals surface area (Å²) in [6, 6.07) is 0.386. The molecule has 6 unspecified atom stereocenters. The molecule has 6 atom stereocenters. The molecule has 0 aromatic heterocycles. The van der Waals surface area contributed by atoms with Crippen molar-refractivity contribution in [2.75, 3.05) is 0 Å². The van der Waals surface area contributed by atoms with Crippen LogP contribution in [-0.2, 0) is 4.79 Å². The molecule has 2 fully saturated rings. The van der Waals surface area contributed by atoms with Gasteiger partial charge in [-0.05, 0) is 37.0 Å². The normalized spacial score (nSPS) is 48.3. The molecule has 1 aliphatic heterocycles. The Hall–Kier alpha value is -1.31. The summed E-state index contributed by atoms with van der Waals surface area (Å²) < 4.78 is 0. The van der Waals surface area contributed by atoms with Gasteiger partial charge in [0.25, 0.3) is 0 Å². The molecule has 4 aliphatic rings. The predicted molar refractivity (Wildman–Crippen MR) is 70.7 cm³/mol. The second kappa shape index (κ2) is 3.84. The van der Waals surface area contributed by atoms with Gasteiger partial charge in [0.15, 0.2) is 0 Å². The largest absolute Gasteiger partial charge is 0.352 e. The van der Waals surface area contributed by atoms with Crippen LogP contribution in [0, 0.1) is 29.6 Å². The molecule has 1 amide bonds. The van der Waals surface area contributed by atoms with Crippen molar-refractivity contribution in [2.24, 2.45) is 29.6 Å². The first-order valence-electron chi connectivity index (χ1n) is 7.16. The molecule has 1 saturated heterocycles. The summed E-state index contributed by atoms with van der Waals surface area (Å²) in [5, 5.41) is 3.30. The van der Waals surface area contributed by atoms with Crippen LogP contribution in [0.4, 0.5) is 0 Å². The van der Waals surface area contributed by atoms with Crippen LogP contribution in [0.25, 0.3) is 0 Å². The zero-order chi connectivity index (χ0) is 12.1. The average molecular weight is 241 g/mol. The van der Waals surface area contributed by atoms with Gasteiger partial charge in [-0.25, -0.2) is 0 Å². The van der Waals surface area contributed by atoms with E-state index in [4.69, 9.17) is 0 Å². The molecular formula is C16H19NO. The number of allylic oxidation sites excluding steroid dienone is 4. The molecule has 4 rings (SSSR count). The Morgan fingerprint density at radius 3 is 2.94 bits per heavy atom. The quantitative estimate of drug-likeness (QED) is 0.648. The van der Waals surface area contributed by atoms with Crippen LogP contribution >= 0.6 is 0 Å². The highest BCUT2D eigenvalue weighted by Crippen LogP contribution is 2.49. The van der Waals surface area contributed by atoms with Gasteiger partial charge in [-0.1, -0.05) is 36.5 Å². The number of nitrogens with one attached hydrogen (secondary N) is 1. The van der Waals surface area contributed by atoms with Gasteiger partial charge in [0.05, 0.1) is 5.92 Å². The molecule has 1 heterocycles. The van der Waals surface area contributed by atoms with E-state index in [-0.39, 0.29) is 11.8 Å². The Balaban J connectivity index is 1.69. The fourth-order valence-electron chi connectivity index (χ4n) is 4.56. The lowest BCUT2D eigenvalue weighted by molar-refractivity contribution is -0.130. The third kappa shape index (κ3) is 1.38. The number of rotatable bonds is 0. The summed E-state index contributed by atoms with van der Waals surface area (Å²) in [4.78, 5) is 12.2. The second-order valence-electron chi connectivity index (χ2n) is 6.14. The number of hydrogen-bond acceptors (Lipinski definition) is 1. The van der Waals surface area contributed by atoms with Gasteiger partial charge in [0, 0.05) is 12.0 Å². The van der Waals surface area contributed by atoms with Crippen LogP contribution in [0.15, 0.2) is 36.5 Å². The molecule has 0 aromatic carbocycles. The summed E-state index contributed by atoms with van der Waals surface area (Å²) >= 11 is 0. The maximum absolute atomic E-state index is 12.2. The lowest BCUT2D eigenvalue weighted by Crippen LogP contribution is -2.54. The standard InChI is InChI=1S/C16H19NO/c18-16-13-8-4-3-7-12(13)14-9-10-5-1-2-6-11(10)15(14)17-16/h1-2,4-6,8,10-15H,3,7,9H2,(H,17,18). The Bertz CT molecular complexity index is 462. The summed E-state index contributed by atoms with van der Waals surface area (Å²) in [5.74, 6) is 2.86. The molecule has 1 saturated carbocycles. The first kappa shape index (κ1) is 10.6. The SMILES string of the molecule is O=C1NC2C3C=CC=CC3CC2C2CCC=CC12. The van der Waals surface area contributed by atoms with E-state index in [2.05, 4.69) is 41.8 Å². The van der Waals surface area contributed by atoms with Gasteiger partial charge < -0.3 is 5.32 Å². The van der Waals surface area contributed by atoms with E-state index in [0.29, 0.717) is 29.7 Å².